The Hall–Kier alpha value is -7.40. The lowest BCUT2D eigenvalue weighted by Crippen LogP contribution is -1.95. The highest BCUT2D eigenvalue weighted by atomic mass is 35.5. The topological polar surface area (TPSA) is 132 Å². The minimum absolute atomic E-state index is 0.221. The first-order valence-electron chi connectivity index (χ1n) is 17.7. The quantitative estimate of drug-likeness (QED) is 0.147. The Labute approximate surface area is 364 Å². The summed E-state index contributed by atoms with van der Waals surface area (Å²) >= 11 is 24.4. The Morgan fingerprint density at radius 3 is 1.08 bits per heavy atom. The minimum atomic E-state index is 0.221. The van der Waals surface area contributed by atoms with Crippen molar-refractivity contribution in [3.05, 3.63) is 188 Å². The van der Waals surface area contributed by atoms with Gasteiger partial charge in [0.05, 0.1) is 20.1 Å². The molecule has 0 saturated carbocycles. The fraction of sp³-hybridized carbons (Fsp3) is 0. The maximum atomic E-state index is 9.46. The first-order valence-corrected chi connectivity index (χ1v) is 19.2. The number of nitriles is 4. The Morgan fingerprint density at radius 1 is 0.317 bits per heavy atom. The molecule has 0 atom stereocenters. The number of halogens is 4. The van der Waals surface area contributed by atoms with E-state index in [4.69, 9.17) is 65.4 Å². The van der Waals surface area contributed by atoms with E-state index < -0.39 is 0 Å². The van der Waals surface area contributed by atoms with Crippen molar-refractivity contribution in [2.24, 2.45) is 0 Å². The molecule has 8 nitrogen and oxygen atoms in total. The average molecular weight is 863 g/mol. The standard InChI is InChI=1S/2C24H12Cl2N2O2/c25-20-5-2-8-23(18(20)13-27)29-16-10-11-17-15(12-16)4-1-7-22(17)30-24-9-3-6-21(26)19(24)14-28;25-19-7-3-9-21(17(19)13-27)29-23-11-15-5-1-2-6-16(15)12-24(23)30-22-10-4-8-20(26)18(22)14-28/h2*1-12H. The second kappa shape index (κ2) is 18.5. The van der Waals surface area contributed by atoms with Gasteiger partial charge in [0.2, 0.25) is 0 Å². The number of rotatable bonds is 8. The van der Waals surface area contributed by atoms with Gasteiger partial charge in [0, 0.05) is 5.39 Å². The number of nitrogens with zero attached hydrogens (tertiary/aromatic N) is 4. The molecule has 0 heterocycles. The van der Waals surface area contributed by atoms with Crippen molar-refractivity contribution < 1.29 is 18.9 Å². The third-order valence-electron chi connectivity index (χ3n) is 8.86. The lowest BCUT2D eigenvalue weighted by Gasteiger charge is -2.15. The van der Waals surface area contributed by atoms with Gasteiger partial charge >= 0.3 is 0 Å². The summed E-state index contributed by atoms with van der Waals surface area (Å²) in [6, 6.07) is 50.7. The molecule has 0 unspecified atom stereocenters. The van der Waals surface area contributed by atoms with Gasteiger partial charge in [0.1, 0.15) is 81.0 Å². The van der Waals surface area contributed by atoms with Crippen molar-refractivity contribution in [3.8, 4) is 70.3 Å². The average Bonchev–Trinajstić information content (AvgIpc) is 3.24. The van der Waals surface area contributed by atoms with Crippen LogP contribution in [0.3, 0.4) is 0 Å². The number of hydrogen-bond donors (Lipinski definition) is 0. The highest BCUT2D eigenvalue weighted by molar-refractivity contribution is 6.33. The molecule has 0 aliphatic heterocycles. The third kappa shape index (κ3) is 8.85. The Kier molecular flexibility index (Phi) is 12.5. The Morgan fingerprint density at radius 2 is 0.667 bits per heavy atom. The van der Waals surface area contributed by atoms with Gasteiger partial charge in [-0.15, -0.1) is 0 Å². The van der Waals surface area contributed by atoms with Crippen molar-refractivity contribution >= 4 is 67.9 Å². The summed E-state index contributed by atoms with van der Waals surface area (Å²) in [5.41, 5.74) is 1.000. The van der Waals surface area contributed by atoms with Gasteiger partial charge in [0.15, 0.2) is 11.5 Å². The molecule has 288 valence electrons. The van der Waals surface area contributed by atoms with E-state index in [1.807, 2.05) is 66.7 Å². The van der Waals surface area contributed by atoms with Gasteiger partial charge in [0.25, 0.3) is 0 Å². The lowest BCUT2D eigenvalue weighted by molar-refractivity contribution is 0.418. The fourth-order valence-electron chi connectivity index (χ4n) is 6.02. The van der Waals surface area contributed by atoms with Crippen LogP contribution in [0.1, 0.15) is 22.3 Å². The van der Waals surface area contributed by atoms with Crippen molar-refractivity contribution in [2.75, 3.05) is 0 Å². The number of hydrogen-bond acceptors (Lipinski definition) is 8. The molecule has 0 fully saturated rings. The molecule has 0 spiro atoms. The first kappa shape index (κ1) is 40.8. The summed E-state index contributed by atoms with van der Waals surface area (Å²) in [6.45, 7) is 0. The van der Waals surface area contributed by atoms with Crippen molar-refractivity contribution in [2.45, 2.75) is 0 Å². The molecular formula is C48H24Cl4N4O4. The van der Waals surface area contributed by atoms with E-state index >= 15 is 0 Å². The molecule has 60 heavy (non-hydrogen) atoms. The van der Waals surface area contributed by atoms with E-state index in [1.165, 1.54) is 0 Å². The lowest BCUT2D eigenvalue weighted by atomic mass is 10.1. The normalized spacial score (nSPS) is 10.3. The predicted octanol–water partition coefficient (Wildman–Crippen LogP) is 14.9. The van der Waals surface area contributed by atoms with Crippen LogP contribution in [0.4, 0.5) is 0 Å². The summed E-state index contributed by atoms with van der Waals surface area (Å²) in [7, 11) is 0. The van der Waals surface area contributed by atoms with Crippen LogP contribution < -0.4 is 18.9 Å². The van der Waals surface area contributed by atoms with Gasteiger partial charge in [-0.25, -0.2) is 0 Å². The zero-order chi connectivity index (χ0) is 42.2. The molecule has 0 bridgehead atoms. The number of ether oxygens (including phenoxy) is 4. The zero-order valence-corrected chi connectivity index (χ0v) is 33.8. The number of benzene rings is 8. The van der Waals surface area contributed by atoms with E-state index in [-0.39, 0.29) is 22.3 Å². The van der Waals surface area contributed by atoms with Gasteiger partial charge < -0.3 is 18.9 Å². The molecule has 8 aromatic rings. The maximum absolute atomic E-state index is 9.46. The summed E-state index contributed by atoms with van der Waals surface area (Å²) in [5, 5.41) is 42.4. The molecule has 0 saturated heterocycles. The van der Waals surface area contributed by atoms with E-state index in [1.54, 1.807) is 78.9 Å². The van der Waals surface area contributed by atoms with Gasteiger partial charge in [-0.1, -0.05) is 107 Å². The SMILES string of the molecule is N#Cc1c(Cl)cccc1Oc1cc2ccccc2cc1Oc1cccc(Cl)c1C#N.N#Cc1c(Cl)cccc1Oc1ccc2c(Oc3cccc(Cl)c3C#N)cccc2c1. The maximum Gasteiger partial charge on any atom is 0.170 e. The molecule has 0 N–H and O–H groups in total. The van der Waals surface area contributed by atoms with Gasteiger partial charge in [-0.2, -0.15) is 21.0 Å². The van der Waals surface area contributed by atoms with Crippen LogP contribution in [0.25, 0.3) is 21.5 Å². The van der Waals surface area contributed by atoms with Crippen LogP contribution in [0.15, 0.2) is 146 Å². The summed E-state index contributed by atoms with van der Waals surface area (Å²) < 4.78 is 24.0. The molecule has 12 heteroatoms. The zero-order valence-electron chi connectivity index (χ0n) is 30.8. The van der Waals surface area contributed by atoms with E-state index in [9.17, 15) is 21.0 Å². The molecule has 0 aliphatic rings. The van der Waals surface area contributed by atoms with E-state index in [0.717, 1.165) is 21.5 Å². The van der Waals surface area contributed by atoms with Crippen LogP contribution in [0.2, 0.25) is 20.1 Å². The summed E-state index contributed by atoms with van der Waals surface area (Å²) in [5.74, 6) is 3.25. The highest BCUT2D eigenvalue weighted by Crippen LogP contribution is 2.42. The molecule has 8 rings (SSSR count). The summed E-state index contributed by atoms with van der Waals surface area (Å²) in [6.07, 6.45) is 0. The predicted molar refractivity (Wildman–Crippen MR) is 233 cm³/mol. The van der Waals surface area contributed by atoms with Crippen LogP contribution >= 0.6 is 46.4 Å². The van der Waals surface area contributed by atoms with Crippen molar-refractivity contribution in [1.82, 2.24) is 0 Å². The molecule has 0 radical (unpaired) electrons. The second-order valence-electron chi connectivity index (χ2n) is 12.6. The third-order valence-corrected chi connectivity index (χ3v) is 10.1. The molecule has 0 aliphatic carbocycles. The van der Waals surface area contributed by atoms with E-state index in [2.05, 4.69) is 24.3 Å². The second-order valence-corrected chi connectivity index (χ2v) is 14.2. The highest BCUT2D eigenvalue weighted by Gasteiger charge is 2.17. The van der Waals surface area contributed by atoms with Crippen LogP contribution in [0.5, 0.6) is 46.0 Å². The van der Waals surface area contributed by atoms with E-state index in [0.29, 0.717) is 66.1 Å². The van der Waals surface area contributed by atoms with Crippen LogP contribution in [-0.2, 0) is 0 Å². The van der Waals surface area contributed by atoms with Crippen molar-refractivity contribution in [1.29, 1.82) is 21.0 Å². The van der Waals surface area contributed by atoms with Crippen molar-refractivity contribution in [3.63, 3.8) is 0 Å². The molecule has 8 aromatic carbocycles. The monoisotopic (exact) mass is 860 g/mol. The van der Waals surface area contributed by atoms with Crippen LogP contribution in [-0.4, -0.2) is 0 Å². The Balaban J connectivity index is 0.000000181. The van der Waals surface area contributed by atoms with Crippen LogP contribution in [0, 0.1) is 45.3 Å². The largest absolute Gasteiger partial charge is 0.456 e. The number of fused-ring (bicyclic) bond motifs is 2. The van der Waals surface area contributed by atoms with Gasteiger partial charge in [-0.05, 0) is 101 Å². The smallest absolute Gasteiger partial charge is 0.170 e. The Bertz CT molecular complexity index is 3020. The van der Waals surface area contributed by atoms with Gasteiger partial charge in [-0.3, -0.25) is 0 Å². The summed E-state index contributed by atoms with van der Waals surface area (Å²) in [4.78, 5) is 0. The fourth-order valence-corrected chi connectivity index (χ4v) is 6.85. The molecule has 0 aromatic heterocycles. The molecule has 0 amide bonds. The first-order chi connectivity index (χ1) is 29.2. The molecular weight excluding hydrogens is 838 g/mol. The minimum Gasteiger partial charge on any atom is -0.456 e.